The minimum absolute atomic E-state index is 0.870. The molecule has 4 heterocycles. The molecule has 4 aromatic rings. The van der Waals surface area contributed by atoms with Gasteiger partial charge in [0.2, 0.25) is 0 Å². The molecule has 1 aliphatic heterocycles. The van der Waals surface area contributed by atoms with E-state index in [1.165, 1.54) is 33.1 Å². The number of rotatable bonds is 2. The van der Waals surface area contributed by atoms with Crippen molar-refractivity contribution in [2.24, 2.45) is 7.05 Å². The second kappa shape index (κ2) is 5.02. The summed E-state index contributed by atoms with van der Waals surface area (Å²) in [7, 11) is 5.93. The normalized spacial score (nSPS) is 13.8. The van der Waals surface area contributed by atoms with Gasteiger partial charge < -0.3 is 19.2 Å². The van der Waals surface area contributed by atoms with E-state index >= 15 is 0 Å². The van der Waals surface area contributed by atoms with Crippen molar-refractivity contribution in [3.63, 3.8) is 0 Å². The van der Waals surface area contributed by atoms with E-state index in [1.807, 2.05) is 12.3 Å². The lowest BCUT2D eigenvalue weighted by Crippen LogP contribution is -2.12. The molecule has 3 aromatic heterocycles. The van der Waals surface area contributed by atoms with Crippen LogP contribution in [-0.2, 0) is 13.5 Å². The van der Waals surface area contributed by atoms with Crippen LogP contribution in [0.3, 0.4) is 0 Å². The third kappa shape index (κ3) is 1.98. The molecule has 0 saturated carbocycles. The van der Waals surface area contributed by atoms with E-state index in [9.17, 15) is 0 Å². The van der Waals surface area contributed by atoms with Gasteiger partial charge in [0.25, 0.3) is 0 Å². The molecule has 126 valence electrons. The van der Waals surface area contributed by atoms with Crippen molar-refractivity contribution >= 4 is 27.6 Å². The molecule has 25 heavy (non-hydrogen) atoms. The van der Waals surface area contributed by atoms with Crippen molar-refractivity contribution < 1.29 is 4.74 Å². The number of aromatic nitrogens is 3. The van der Waals surface area contributed by atoms with E-state index in [0.29, 0.717) is 0 Å². The number of benzene rings is 1. The number of nitrogens with one attached hydrogen (secondary N) is 1. The summed E-state index contributed by atoms with van der Waals surface area (Å²) in [4.78, 5) is 10.5. The fourth-order valence-electron chi connectivity index (χ4n) is 3.99. The van der Waals surface area contributed by atoms with Crippen LogP contribution in [-0.4, -0.2) is 35.2 Å². The van der Waals surface area contributed by atoms with E-state index in [-0.39, 0.29) is 0 Å². The predicted octanol–water partition coefficient (Wildman–Crippen LogP) is 3.72. The van der Waals surface area contributed by atoms with Gasteiger partial charge in [0.15, 0.2) is 0 Å². The smallest absolute Gasteiger partial charge is 0.139 e. The van der Waals surface area contributed by atoms with Gasteiger partial charge in [-0.1, -0.05) is 0 Å². The molecule has 0 aliphatic carbocycles. The van der Waals surface area contributed by atoms with Gasteiger partial charge in [-0.2, -0.15) is 0 Å². The summed E-state index contributed by atoms with van der Waals surface area (Å²) in [5, 5.41) is 2.38. The summed E-state index contributed by atoms with van der Waals surface area (Å²) in [6.45, 7) is 1.06. The van der Waals surface area contributed by atoms with Crippen molar-refractivity contribution in [3.8, 4) is 17.0 Å². The highest BCUT2D eigenvalue weighted by molar-refractivity contribution is 6.01. The number of methoxy groups -OCH3 is 1. The van der Waals surface area contributed by atoms with Crippen LogP contribution < -0.4 is 9.64 Å². The average Bonchev–Trinajstić information content (AvgIpc) is 3.30. The lowest BCUT2D eigenvalue weighted by Gasteiger charge is -2.12. The molecule has 0 fully saturated rings. The van der Waals surface area contributed by atoms with E-state index in [2.05, 4.69) is 57.9 Å². The second-order valence-electron chi connectivity index (χ2n) is 6.79. The lowest BCUT2D eigenvalue weighted by molar-refractivity contribution is 0.415. The minimum atomic E-state index is 0.870. The molecular weight excluding hydrogens is 312 g/mol. The molecular formula is C20H20N4O. The molecule has 0 radical (unpaired) electrons. The predicted molar refractivity (Wildman–Crippen MR) is 102 cm³/mol. The van der Waals surface area contributed by atoms with Crippen LogP contribution in [0.15, 0.2) is 36.7 Å². The van der Waals surface area contributed by atoms with Gasteiger partial charge in [-0.25, -0.2) is 4.98 Å². The maximum atomic E-state index is 5.42. The Morgan fingerprint density at radius 2 is 2.04 bits per heavy atom. The Hall–Kier alpha value is -2.95. The van der Waals surface area contributed by atoms with Crippen LogP contribution in [0.25, 0.3) is 33.2 Å². The molecule has 1 aromatic carbocycles. The average molecular weight is 332 g/mol. The van der Waals surface area contributed by atoms with Crippen molar-refractivity contribution in [1.82, 2.24) is 14.5 Å². The summed E-state index contributed by atoms with van der Waals surface area (Å²) in [6.07, 6.45) is 5.24. The first-order valence-corrected chi connectivity index (χ1v) is 8.51. The fraction of sp³-hybridized carbons (Fsp3) is 0.250. The summed E-state index contributed by atoms with van der Waals surface area (Å²) < 4.78 is 7.57. The van der Waals surface area contributed by atoms with Crippen molar-refractivity contribution in [2.75, 3.05) is 25.6 Å². The number of fused-ring (bicyclic) bond motifs is 4. The molecule has 5 nitrogen and oxygen atoms in total. The molecule has 1 aliphatic rings. The Morgan fingerprint density at radius 1 is 1.16 bits per heavy atom. The van der Waals surface area contributed by atoms with E-state index in [0.717, 1.165) is 30.1 Å². The quantitative estimate of drug-likeness (QED) is 0.608. The largest absolute Gasteiger partial charge is 0.497 e. The molecule has 0 bridgehead atoms. The minimum Gasteiger partial charge on any atom is -0.497 e. The third-order valence-electron chi connectivity index (χ3n) is 5.29. The number of hydrogen-bond acceptors (Lipinski definition) is 3. The zero-order chi connectivity index (χ0) is 17.1. The molecule has 0 spiro atoms. The second-order valence-corrected chi connectivity index (χ2v) is 6.79. The van der Waals surface area contributed by atoms with E-state index < -0.39 is 0 Å². The number of likely N-dealkylation sites (N-methyl/N-ethyl adjacent to an activating group) is 1. The topological polar surface area (TPSA) is 46.1 Å². The highest BCUT2D eigenvalue weighted by Gasteiger charge is 2.21. The van der Waals surface area contributed by atoms with Gasteiger partial charge in [-0.3, -0.25) is 0 Å². The number of H-pyrrole nitrogens is 1. The maximum absolute atomic E-state index is 5.42. The number of aromatic amines is 1. The van der Waals surface area contributed by atoms with Gasteiger partial charge in [-0.05, 0) is 36.2 Å². The summed E-state index contributed by atoms with van der Waals surface area (Å²) in [6, 6.07) is 8.43. The molecule has 0 amide bonds. The van der Waals surface area contributed by atoms with Crippen molar-refractivity contribution in [2.45, 2.75) is 6.42 Å². The van der Waals surface area contributed by atoms with Crippen LogP contribution in [0.5, 0.6) is 5.75 Å². The first-order chi connectivity index (χ1) is 12.2. The van der Waals surface area contributed by atoms with Gasteiger partial charge in [0.05, 0.1) is 12.8 Å². The van der Waals surface area contributed by atoms with Gasteiger partial charge in [0, 0.05) is 60.6 Å². The van der Waals surface area contributed by atoms with Gasteiger partial charge in [0.1, 0.15) is 11.4 Å². The maximum Gasteiger partial charge on any atom is 0.139 e. The zero-order valence-electron chi connectivity index (χ0n) is 14.6. The number of pyridine rings is 1. The molecule has 0 atom stereocenters. The lowest BCUT2D eigenvalue weighted by atomic mass is 10.1. The summed E-state index contributed by atoms with van der Waals surface area (Å²) in [5.41, 5.74) is 7.04. The first kappa shape index (κ1) is 14.4. The number of ether oxygens (including phenoxy) is 1. The molecule has 0 unspecified atom stereocenters. The molecule has 5 heteroatoms. The van der Waals surface area contributed by atoms with Crippen LogP contribution in [0.1, 0.15) is 5.56 Å². The number of nitrogens with zero attached hydrogens (tertiary/aromatic N) is 3. The fourth-order valence-corrected chi connectivity index (χ4v) is 3.99. The Bertz CT molecular complexity index is 1120. The Labute approximate surface area is 145 Å². The number of anilines is 1. The van der Waals surface area contributed by atoms with Crippen LogP contribution in [0.2, 0.25) is 0 Å². The van der Waals surface area contributed by atoms with E-state index in [4.69, 9.17) is 4.74 Å². The number of hydrogen-bond donors (Lipinski definition) is 1. The van der Waals surface area contributed by atoms with Crippen LogP contribution in [0.4, 0.5) is 5.69 Å². The molecule has 0 saturated heterocycles. The first-order valence-electron chi connectivity index (χ1n) is 8.51. The summed E-state index contributed by atoms with van der Waals surface area (Å²) >= 11 is 0. The number of aryl methyl sites for hydroxylation is 1. The highest BCUT2D eigenvalue weighted by Crippen LogP contribution is 2.38. The van der Waals surface area contributed by atoms with Crippen molar-refractivity contribution in [3.05, 3.63) is 42.2 Å². The Balaban J connectivity index is 1.77. The SMILES string of the molecule is COc1ccc2c(c1)c(-c1cc3c4c(cnc3[nH]1)CCN4C)cn2C. The van der Waals surface area contributed by atoms with Crippen LogP contribution >= 0.6 is 0 Å². The molecule has 5 rings (SSSR count). The van der Waals surface area contributed by atoms with Crippen molar-refractivity contribution in [1.29, 1.82) is 0 Å². The Kier molecular flexibility index (Phi) is 2.89. The Morgan fingerprint density at radius 3 is 2.88 bits per heavy atom. The van der Waals surface area contributed by atoms with Crippen LogP contribution in [0, 0.1) is 0 Å². The van der Waals surface area contributed by atoms with Gasteiger partial charge in [-0.15, -0.1) is 0 Å². The zero-order valence-corrected chi connectivity index (χ0v) is 14.6. The summed E-state index contributed by atoms with van der Waals surface area (Å²) in [5.74, 6) is 0.870. The third-order valence-corrected chi connectivity index (χ3v) is 5.29. The molecule has 1 N–H and O–H groups in total. The monoisotopic (exact) mass is 332 g/mol. The highest BCUT2D eigenvalue weighted by atomic mass is 16.5. The van der Waals surface area contributed by atoms with Gasteiger partial charge >= 0.3 is 0 Å². The standard InChI is InChI=1S/C20H20N4O/c1-23-7-6-12-10-21-20-15(19(12)23)9-17(22-20)16-11-24(2)18-5-4-13(25-3)8-14(16)18/h4-5,8-11H,6-7H2,1-3H3,(H,21,22). The van der Waals surface area contributed by atoms with E-state index in [1.54, 1.807) is 7.11 Å².